The Morgan fingerprint density at radius 1 is 0.970 bits per heavy atom. The van der Waals surface area contributed by atoms with Crippen molar-refractivity contribution in [3.05, 3.63) is 102 Å². The van der Waals surface area contributed by atoms with Crippen LogP contribution in [0.1, 0.15) is 21.7 Å². The number of aromatic nitrogens is 1. The molecule has 4 aromatic rings. The predicted molar refractivity (Wildman–Crippen MR) is 123 cm³/mol. The number of aryl methyl sites for hydroxylation is 1. The summed E-state index contributed by atoms with van der Waals surface area (Å²) in [6.07, 6.45) is 1.58. The van der Waals surface area contributed by atoms with E-state index in [0.29, 0.717) is 11.6 Å². The minimum absolute atomic E-state index is 0.0974. The summed E-state index contributed by atoms with van der Waals surface area (Å²) in [6, 6.07) is 21.6. The number of benzene rings is 2. The van der Waals surface area contributed by atoms with Crippen LogP contribution < -0.4 is 9.64 Å². The van der Waals surface area contributed by atoms with E-state index in [2.05, 4.69) is 4.98 Å². The molecular formula is C25H22N2O5S. The summed E-state index contributed by atoms with van der Waals surface area (Å²) in [5.41, 5.74) is 1.78. The van der Waals surface area contributed by atoms with E-state index < -0.39 is 15.7 Å². The fraction of sp³-hybridized carbons (Fsp3) is 0.120. The zero-order valence-electron chi connectivity index (χ0n) is 18.1. The molecule has 168 valence electrons. The van der Waals surface area contributed by atoms with Gasteiger partial charge >= 0.3 is 0 Å². The Morgan fingerprint density at radius 3 is 2.33 bits per heavy atom. The molecule has 0 aliphatic carbocycles. The Labute approximate surface area is 192 Å². The maximum atomic E-state index is 13.4. The van der Waals surface area contributed by atoms with E-state index in [1.807, 2.05) is 19.1 Å². The van der Waals surface area contributed by atoms with Crippen LogP contribution in [0.4, 0.5) is 5.82 Å². The average molecular weight is 463 g/mol. The number of ether oxygens (including phenoxy) is 1. The van der Waals surface area contributed by atoms with Crippen molar-refractivity contribution in [2.75, 3.05) is 12.0 Å². The second kappa shape index (κ2) is 9.30. The summed E-state index contributed by atoms with van der Waals surface area (Å²) in [4.78, 5) is 19.2. The smallest absolute Gasteiger partial charge is 0.295 e. The molecule has 2 aromatic carbocycles. The molecule has 0 unspecified atom stereocenters. The van der Waals surface area contributed by atoms with Gasteiger partial charge in [0.15, 0.2) is 5.76 Å². The van der Waals surface area contributed by atoms with Gasteiger partial charge in [-0.05, 0) is 61.0 Å². The number of anilines is 1. The first-order valence-corrected chi connectivity index (χ1v) is 11.6. The number of pyridine rings is 1. The van der Waals surface area contributed by atoms with Crippen LogP contribution in [0.5, 0.6) is 5.75 Å². The molecule has 8 heteroatoms. The Morgan fingerprint density at radius 2 is 1.70 bits per heavy atom. The lowest BCUT2D eigenvalue weighted by molar-refractivity contribution is 0.0952. The molecule has 0 aliphatic heterocycles. The van der Waals surface area contributed by atoms with Gasteiger partial charge in [0.2, 0.25) is 14.9 Å². The van der Waals surface area contributed by atoms with Gasteiger partial charge in [-0.3, -0.25) is 9.69 Å². The monoisotopic (exact) mass is 462 g/mol. The highest BCUT2D eigenvalue weighted by Gasteiger charge is 2.27. The van der Waals surface area contributed by atoms with Crippen LogP contribution in [0.2, 0.25) is 0 Å². The quantitative estimate of drug-likeness (QED) is 0.396. The Bertz CT molecular complexity index is 1350. The molecule has 0 bridgehead atoms. The number of methoxy groups -OCH3 is 1. The van der Waals surface area contributed by atoms with Crippen LogP contribution in [0.3, 0.4) is 0 Å². The summed E-state index contributed by atoms with van der Waals surface area (Å²) >= 11 is 0. The number of carbonyl (C=O) groups excluding carboxylic acids is 1. The summed E-state index contributed by atoms with van der Waals surface area (Å²) in [7, 11) is -2.31. The number of nitrogens with zero attached hydrogens (tertiary/aromatic N) is 2. The SMILES string of the molecule is COc1ccc(CN(C(=O)c2ccc(S(=O)(=O)c3ccc(C)cc3)o2)c2ccccn2)cc1. The van der Waals surface area contributed by atoms with Crippen molar-refractivity contribution in [3.8, 4) is 5.75 Å². The van der Waals surface area contributed by atoms with E-state index in [4.69, 9.17) is 9.15 Å². The average Bonchev–Trinajstić information content (AvgIpc) is 3.35. The summed E-state index contributed by atoms with van der Waals surface area (Å²) in [6.45, 7) is 2.08. The summed E-state index contributed by atoms with van der Waals surface area (Å²) in [5, 5.41) is -0.292. The normalized spacial score (nSPS) is 11.2. The highest BCUT2D eigenvalue weighted by molar-refractivity contribution is 7.91. The summed E-state index contributed by atoms with van der Waals surface area (Å²) < 4.78 is 36.6. The maximum Gasteiger partial charge on any atom is 0.295 e. The maximum absolute atomic E-state index is 13.4. The van der Waals surface area contributed by atoms with Crippen molar-refractivity contribution < 1.29 is 22.4 Å². The second-order valence-electron chi connectivity index (χ2n) is 7.36. The van der Waals surface area contributed by atoms with Gasteiger partial charge in [0.05, 0.1) is 18.6 Å². The minimum Gasteiger partial charge on any atom is -0.497 e. The van der Waals surface area contributed by atoms with Crippen molar-refractivity contribution in [1.29, 1.82) is 0 Å². The first-order chi connectivity index (χ1) is 15.9. The lowest BCUT2D eigenvalue weighted by Gasteiger charge is -2.21. The van der Waals surface area contributed by atoms with E-state index in [9.17, 15) is 13.2 Å². The highest BCUT2D eigenvalue weighted by Crippen LogP contribution is 2.26. The highest BCUT2D eigenvalue weighted by atomic mass is 32.2. The van der Waals surface area contributed by atoms with Crippen molar-refractivity contribution >= 4 is 21.6 Å². The molecule has 33 heavy (non-hydrogen) atoms. The predicted octanol–water partition coefficient (Wildman–Crippen LogP) is 4.67. The van der Waals surface area contributed by atoms with E-state index >= 15 is 0 Å². The topological polar surface area (TPSA) is 89.7 Å². The van der Waals surface area contributed by atoms with Crippen LogP contribution >= 0.6 is 0 Å². The Balaban J connectivity index is 1.65. The van der Waals surface area contributed by atoms with Gasteiger partial charge in [-0.2, -0.15) is 0 Å². The number of rotatable bonds is 7. The van der Waals surface area contributed by atoms with Gasteiger partial charge in [0.1, 0.15) is 11.6 Å². The van der Waals surface area contributed by atoms with Gasteiger partial charge < -0.3 is 9.15 Å². The molecule has 2 aromatic heterocycles. The first-order valence-electron chi connectivity index (χ1n) is 10.2. The molecule has 0 fully saturated rings. The lowest BCUT2D eigenvalue weighted by atomic mass is 10.2. The van der Waals surface area contributed by atoms with E-state index in [0.717, 1.165) is 11.1 Å². The molecule has 4 rings (SSSR count). The van der Waals surface area contributed by atoms with Crippen LogP contribution in [-0.2, 0) is 16.4 Å². The third-order valence-corrected chi connectivity index (χ3v) is 6.70. The molecule has 1 amide bonds. The van der Waals surface area contributed by atoms with Crippen LogP contribution in [0.15, 0.2) is 99.5 Å². The number of amides is 1. The Hall–Kier alpha value is -3.91. The van der Waals surface area contributed by atoms with Gasteiger partial charge in [-0.25, -0.2) is 13.4 Å². The molecule has 0 radical (unpaired) electrons. The van der Waals surface area contributed by atoms with Crippen molar-refractivity contribution in [3.63, 3.8) is 0 Å². The number of hydrogen-bond acceptors (Lipinski definition) is 6. The molecule has 0 atom stereocenters. The van der Waals surface area contributed by atoms with Crippen LogP contribution in [0, 0.1) is 6.92 Å². The molecule has 0 saturated carbocycles. The fourth-order valence-corrected chi connectivity index (χ4v) is 4.40. The first kappa shape index (κ1) is 22.3. The number of carbonyl (C=O) groups is 1. The standard InChI is InChI=1S/C25H22N2O5S/c1-18-6-12-21(13-7-18)33(29,30)24-15-14-22(32-24)25(28)27(23-5-3-4-16-26-23)17-19-8-10-20(31-2)11-9-19/h3-16H,17H2,1-2H3. The van der Waals surface area contributed by atoms with Gasteiger partial charge in [-0.1, -0.05) is 35.9 Å². The number of hydrogen-bond donors (Lipinski definition) is 0. The number of sulfone groups is 1. The lowest BCUT2D eigenvalue weighted by Crippen LogP contribution is -2.30. The minimum atomic E-state index is -3.89. The largest absolute Gasteiger partial charge is 0.497 e. The molecule has 0 aliphatic rings. The van der Waals surface area contributed by atoms with Crippen LogP contribution in [0.25, 0.3) is 0 Å². The van der Waals surface area contributed by atoms with Gasteiger partial charge in [0.25, 0.3) is 5.91 Å². The molecule has 2 heterocycles. The van der Waals surface area contributed by atoms with Crippen molar-refractivity contribution in [1.82, 2.24) is 4.98 Å². The zero-order valence-corrected chi connectivity index (χ0v) is 19.0. The third kappa shape index (κ3) is 4.80. The molecular weight excluding hydrogens is 440 g/mol. The Kier molecular flexibility index (Phi) is 6.28. The molecule has 0 saturated heterocycles. The molecule has 0 N–H and O–H groups in total. The fourth-order valence-electron chi connectivity index (χ4n) is 3.23. The van der Waals surface area contributed by atoms with Crippen LogP contribution in [-0.4, -0.2) is 26.4 Å². The van der Waals surface area contributed by atoms with Gasteiger partial charge in [0, 0.05) is 6.20 Å². The molecule has 0 spiro atoms. The number of furan rings is 1. The third-order valence-electron chi connectivity index (χ3n) is 5.06. The van der Waals surface area contributed by atoms with Crippen molar-refractivity contribution in [2.45, 2.75) is 23.5 Å². The van der Waals surface area contributed by atoms with Crippen molar-refractivity contribution in [2.24, 2.45) is 0 Å². The zero-order chi connectivity index (χ0) is 23.4. The second-order valence-corrected chi connectivity index (χ2v) is 9.24. The molecule has 7 nitrogen and oxygen atoms in total. The van der Waals surface area contributed by atoms with E-state index in [1.54, 1.807) is 55.8 Å². The van der Waals surface area contributed by atoms with Gasteiger partial charge in [-0.15, -0.1) is 0 Å². The van der Waals surface area contributed by atoms with E-state index in [-0.39, 0.29) is 22.3 Å². The van der Waals surface area contributed by atoms with E-state index in [1.165, 1.54) is 29.2 Å². The summed E-state index contributed by atoms with van der Waals surface area (Å²) in [5.74, 6) is 0.513.